The molecule has 0 amide bonds. The Labute approximate surface area is 325 Å². The highest BCUT2D eigenvalue weighted by molar-refractivity contribution is 5.70. The van der Waals surface area contributed by atoms with Crippen LogP contribution in [-0.2, 0) is 23.8 Å². The molecule has 5 nitrogen and oxygen atoms in total. The number of hydrogen-bond donors (Lipinski definition) is 0. The first-order valence-electron chi connectivity index (χ1n) is 23.2. The van der Waals surface area contributed by atoms with Gasteiger partial charge in [-0.05, 0) is 38.5 Å². The molecule has 0 N–H and O–H groups in total. The van der Waals surface area contributed by atoms with Crippen LogP contribution < -0.4 is 0 Å². The summed E-state index contributed by atoms with van der Waals surface area (Å²) >= 11 is 0. The summed E-state index contributed by atoms with van der Waals surface area (Å²) < 4.78 is 17.3. The van der Waals surface area contributed by atoms with Crippen molar-refractivity contribution in [2.75, 3.05) is 19.8 Å². The van der Waals surface area contributed by atoms with Gasteiger partial charge in [0.05, 0.1) is 6.61 Å². The van der Waals surface area contributed by atoms with Gasteiger partial charge in [0.1, 0.15) is 6.61 Å². The molecule has 308 valence electrons. The van der Waals surface area contributed by atoms with E-state index in [0.717, 1.165) is 38.5 Å². The molecule has 52 heavy (non-hydrogen) atoms. The van der Waals surface area contributed by atoms with E-state index in [2.05, 4.69) is 32.9 Å². The zero-order valence-electron chi connectivity index (χ0n) is 35.4. The minimum Gasteiger partial charge on any atom is -0.462 e. The van der Waals surface area contributed by atoms with E-state index in [1.807, 2.05) is 0 Å². The average molecular weight is 735 g/mol. The highest BCUT2D eigenvalue weighted by Crippen LogP contribution is 2.15. The van der Waals surface area contributed by atoms with E-state index in [1.165, 1.54) is 180 Å². The molecule has 0 saturated carbocycles. The molecule has 1 atom stereocenters. The molecule has 0 rings (SSSR count). The second kappa shape index (κ2) is 44.0. The average Bonchev–Trinajstić information content (AvgIpc) is 3.14. The van der Waals surface area contributed by atoms with Crippen molar-refractivity contribution in [1.82, 2.24) is 0 Å². The largest absolute Gasteiger partial charge is 0.462 e. The highest BCUT2D eigenvalue weighted by Gasteiger charge is 2.17. The lowest BCUT2D eigenvalue weighted by atomic mass is 10.0. The number of rotatable bonds is 43. The van der Waals surface area contributed by atoms with Gasteiger partial charge < -0.3 is 14.2 Å². The van der Waals surface area contributed by atoms with E-state index in [1.54, 1.807) is 0 Å². The predicted octanol–water partition coefficient (Wildman–Crippen LogP) is 15.1. The van der Waals surface area contributed by atoms with E-state index in [4.69, 9.17) is 14.2 Å². The SMILES string of the molecule is CCCC/C=C\CCCCCCCCOCC(COC(=O)CCCCCCCCCCCCCCCCCCC)OC(=O)CCCCCCCCC. The molecule has 0 aliphatic carbocycles. The lowest BCUT2D eigenvalue weighted by molar-refractivity contribution is -0.163. The summed E-state index contributed by atoms with van der Waals surface area (Å²) in [5.74, 6) is -0.392. The fourth-order valence-electron chi connectivity index (χ4n) is 6.79. The molecule has 5 heteroatoms. The minimum absolute atomic E-state index is 0.0907. The van der Waals surface area contributed by atoms with Crippen molar-refractivity contribution in [3.63, 3.8) is 0 Å². The number of ether oxygens (including phenoxy) is 3. The number of allylic oxidation sites excluding steroid dienone is 2. The van der Waals surface area contributed by atoms with Gasteiger partial charge in [-0.15, -0.1) is 0 Å². The summed E-state index contributed by atoms with van der Waals surface area (Å²) in [5, 5.41) is 0. The molecule has 0 aromatic heterocycles. The molecule has 0 aliphatic heterocycles. The number of unbranched alkanes of at least 4 members (excludes halogenated alkanes) is 30. The van der Waals surface area contributed by atoms with Crippen molar-refractivity contribution >= 4 is 11.9 Å². The molecule has 0 spiro atoms. The minimum atomic E-state index is -0.526. The van der Waals surface area contributed by atoms with Crippen molar-refractivity contribution in [3.8, 4) is 0 Å². The van der Waals surface area contributed by atoms with Crippen LogP contribution in [0.2, 0.25) is 0 Å². The number of carbonyl (C=O) groups excluding carboxylic acids is 2. The Morgan fingerprint density at radius 3 is 1.23 bits per heavy atom. The van der Waals surface area contributed by atoms with E-state index in [0.29, 0.717) is 26.1 Å². The van der Waals surface area contributed by atoms with Crippen LogP contribution in [0.25, 0.3) is 0 Å². The number of carbonyl (C=O) groups is 2. The molecular weight excluding hydrogens is 645 g/mol. The van der Waals surface area contributed by atoms with Gasteiger partial charge in [-0.1, -0.05) is 213 Å². The Morgan fingerprint density at radius 2 is 0.769 bits per heavy atom. The molecule has 0 heterocycles. The van der Waals surface area contributed by atoms with Crippen LogP contribution in [0.3, 0.4) is 0 Å². The topological polar surface area (TPSA) is 61.8 Å². The normalized spacial score (nSPS) is 12.1. The third-order valence-electron chi connectivity index (χ3n) is 10.3. The summed E-state index contributed by atoms with van der Waals surface area (Å²) in [6.45, 7) is 7.79. The van der Waals surface area contributed by atoms with Crippen molar-refractivity contribution in [3.05, 3.63) is 12.2 Å². The number of esters is 2. The Bertz CT molecular complexity index is 750. The second-order valence-electron chi connectivity index (χ2n) is 15.7. The van der Waals surface area contributed by atoms with Gasteiger partial charge in [-0.3, -0.25) is 9.59 Å². The Morgan fingerprint density at radius 1 is 0.404 bits per heavy atom. The summed E-state index contributed by atoms with van der Waals surface area (Å²) in [4.78, 5) is 25.1. The van der Waals surface area contributed by atoms with E-state index in [-0.39, 0.29) is 18.5 Å². The molecule has 0 aromatic rings. The van der Waals surface area contributed by atoms with E-state index >= 15 is 0 Å². The highest BCUT2D eigenvalue weighted by atomic mass is 16.6. The fourth-order valence-corrected chi connectivity index (χ4v) is 6.79. The van der Waals surface area contributed by atoms with Gasteiger partial charge in [0.2, 0.25) is 0 Å². The van der Waals surface area contributed by atoms with Gasteiger partial charge >= 0.3 is 11.9 Å². The maximum absolute atomic E-state index is 12.6. The van der Waals surface area contributed by atoms with Gasteiger partial charge in [-0.25, -0.2) is 0 Å². The van der Waals surface area contributed by atoms with Gasteiger partial charge in [0.15, 0.2) is 6.10 Å². The Kier molecular flexibility index (Phi) is 42.9. The standard InChI is InChI=1S/C47H90O5/c1-4-7-10-13-16-18-20-22-23-24-25-26-27-29-32-34-37-40-46(48)51-44-45(52-47(49)41-38-35-31-15-12-9-6-3)43-50-42-39-36-33-30-28-21-19-17-14-11-8-5-2/h14,17,45H,4-13,15-16,18-44H2,1-3H3/b17-14-. The summed E-state index contributed by atoms with van der Waals surface area (Å²) in [5.41, 5.74) is 0. The first kappa shape index (κ1) is 50.6. The zero-order chi connectivity index (χ0) is 37.8. The summed E-state index contributed by atoms with van der Waals surface area (Å²) in [7, 11) is 0. The van der Waals surface area contributed by atoms with Crippen molar-refractivity contribution in [2.45, 2.75) is 258 Å². The lowest BCUT2D eigenvalue weighted by Gasteiger charge is -2.18. The van der Waals surface area contributed by atoms with Crippen molar-refractivity contribution < 1.29 is 23.8 Å². The lowest BCUT2D eigenvalue weighted by Crippen LogP contribution is -2.30. The maximum Gasteiger partial charge on any atom is 0.306 e. The predicted molar refractivity (Wildman–Crippen MR) is 224 cm³/mol. The molecule has 0 radical (unpaired) electrons. The maximum atomic E-state index is 12.6. The molecule has 0 saturated heterocycles. The van der Waals surface area contributed by atoms with Gasteiger partial charge in [0.25, 0.3) is 0 Å². The van der Waals surface area contributed by atoms with E-state index < -0.39 is 6.10 Å². The Hall–Kier alpha value is -1.36. The van der Waals surface area contributed by atoms with Gasteiger partial charge in [0, 0.05) is 19.4 Å². The molecular formula is C47H90O5. The van der Waals surface area contributed by atoms with Crippen LogP contribution >= 0.6 is 0 Å². The quantitative estimate of drug-likeness (QED) is 0.0355. The van der Waals surface area contributed by atoms with Crippen LogP contribution in [0.4, 0.5) is 0 Å². The van der Waals surface area contributed by atoms with Crippen LogP contribution in [0.5, 0.6) is 0 Å². The van der Waals surface area contributed by atoms with Crippen LogP contribution in [-0.4, -0.2) is 37.9 Å². The third-order valence-corrected chi connectivity index (χ3v) is 10.3. The molecule has 0 aliphatic rings. The van der Waals surface area contributed by atoms with Crippen molar-refractivity contribution in [2.24, 2.45) is 0 Å². The smallest absolute Gasteiger partial charge is 0.306 e. The summed E-state index contributed by atoms with van der Waals surface area (Å²) in [6.07, 6.45) is 47.9. The first-order valence-corrected chi connectivity index (χ1v) is 23.2. The number of hydrogen-bond acceptors (Lipinski definition) is 5. The van der Waals surface area contributed by atoms with Crippen LogP contribution in [0.15, 0.2) is 12.2 Å². The van der Waals surface area contributed by atoms with Gasteiger partial charge in [-0.2, -0.15) is 0 Å². The Balaban J connectivity index is 4.07. The van der Waals surface area contributed by atoms with Crippen molar-refractivity contribution in [1.29, 1.82) is 0 Å². The van der Waals surface area contributed by atoms with Crippen LogP contribution in [0, 0.1) is 0 Å². The third kappa shape index (κ3) is 41.4. The molecule has 0 fully saturated rings. The second-order valence-corrected chi connectivity index (χ2v) is 15.7. The van der Waals surface area contributed by atoms with Crippen LogP contribution in [0.1, 0.15) is 252 Å². The monoisotopic (exact) mass is 735 g/mol. The molecule has 0 bridgehead atoms. The molecule has 0 aromatic carbocycles. The fraction of sp³-hybridized carbons (Fsp3) is 0.915. The molecule has 1 unspecified atom stereocenters. The zero-order valence-corrected chi connectivity index (χ0v) is 35.4. The summed E-state index contributed by atoms with van der Waals surface area (Å²) in [6, 6.07) is 0. The first-order chi connectivity index (χ1) is 25.6. The van der Waals surface area contributed by atoms with E-state index in [9.17, 15) is 9.59 Å².